The number of likely N-dealkylation sites (tertiary alicyclic amines) is 1. The lowest BCUT2D eigenvalue weighted by molar-refractivity contribution is -0.115. The number of allylic oxidation sites excluding steroid dienone is 1. The van der Waals surface area contributed by atoms with E-state index in [1.807, 2.05) is 25.1 Å². The van der Waals surface area contributed by atoms with Crippen LogP contribution in [0.4, 0.5) is 5.69 Å². The second-order valence-electron chi connectivity index (χ2n) is 15.9. The predicted molar refractivity (Wildman–Crippen MR) is 200 cm³/mol. The molecule has 1 N–H and O–H groups in total. The highest BCUT2D eigenvalue weighted by Gasteiger charge is 2.58. The maximum Gasteiger partial charge on any atom is 0.264 e. The number of hydrogen-bond donors (Lipinski definition) is 1. The molecule has 2 bridgehead atoms. The molecule has 278 valence electrons. The third kappa shape index (κ3) is 7.45. The summed E-state index contributed by atoms with van der Waals surface area (Å²) in [5.41, 5.74) is 2.50. The molecule has 7 rings (SSSR count). The quantitative estimate of drug-likeness (QED) is 0.419. The summed E-state index contributed by atoms with van der Waals surface area (Å²) < 4.78 is 66.5. The number of benzene rings is 2. The van der Waals surface area contributed by atoms with Gasteiger partial charge in [0, 0.05) is 55.8 Å². The number of sulfone groups is 1. The van der Waals surface area contributed by atoms with Gasteiger partial charge in [0.15, 0.2) is 9.84 Å². The summed E-state index contributed by atoms with van der Waals surface area (Å²) in [4.78, 5) is 18.2. The number of aryl methyl sites for hydroxylation is 1. The lowest BCUT2D eigenvalue weighted by atomic mass is 9.63. The van der Waals surface area contributed by atoms with Crippen LogP contribution in [0.2, 0.25) is 5.02 Å². The van der Waals surface area contributed by atoms with Crippen molar-refractivity contribution in [3.63, 3.8) is 0 Å². The minimum atomic E-state index is -3.99. The van der Waals surface area contributed by atoms with Crippen molar-refractivity contribution in [3.8, 4) is 5.75 Å². The van der Waals surface area contributed by atoms with Gasteiger partial charge in [-0.25, -0.2) is 21.6 Å². The first kappa shape index (κ1) is 36.7. The standard InChI is InChI=1S/C38H50ClN3O7S2/c1-26-7-6-15-38(48-3,23-41-21-37(22-41)24-50(44,45)25-37)33-13-10-30(33)19-42-16-5-4-8-28-17-32(39)12-9-31(28)20-49-35-14-11-29(18-34(35)42)36(43)40-51(46,47)27(26)2/h6,9,11-12,14-15,17-18,26-27,30,33H,4-5,7-8,10,13,16,19-25H2,1-3H3,(H,40,43)/b15-6+/t26-,27+,30-,33+,38+/m0/s1. The third-order valence-electron chi connectivity index (χ3n) is 12.2. The molecule has 4 heterocycles. The van der Waals surface area contributed by atoms with Crippen LogP contribution < -0.4 is 14.4 Å². The minimum absolute atomic E-state index is 0.134. The monoisotopic (exact) mass is 759 g/mol. The highest BCUT2D eigenvalue weighted by molar-refractivity contribution is 7.92. The Morgan fingerprint density at radius 1 is 1.02 bits per heavy atom. The first-order valence-electron chi connectivity index (χ1n) is 18.2. The second kappa shape index (κ2) is 14.0. The Balaban J connectivity index is 1.24. The Morgan fingerprint density at radius 2 is 1.80 bits per heavy atom. The third-order valence-corrected chi connectivity index (χ3v) is 16.4. The van der Waals surface area contributed by atoms with Crippen molar-refractivity contribution in [1.29, 1.82) is 0 Å². The number of ether oxygens (including phenoxy) is 2. The summed E-state index contributed by atoms with van der Waals surface area (Å²) in [6, 6.07) is 11.1. The van der Waals surface area contributed by atoms with Crippen LogP contribution in [0.5, 0.6) is 5.75 Å². The van der Waals surface area contributed by atoms with Gasteiger partial charge in [0.1, 0.15) is 18.0 Å². The summed E-state index contributed by atoms with van der Waals surface area (Å²) >= 11 is 6.38. The van der Waals surface area contributed by atoms with E-state index in [2.05, 4.69) is 26.7 Å². The summed E-state index contributed by atoms with van der Waals surface area (Å²) in [5.74, 6) is 0.698. The highest BCUT2D eigenvalue weighted by Crippen LogP contribution is 2.49. The van der Waals surface area contributed by atoms with Crippen LogP contribution in [-0.2, 0) is 37.6 Å². The highest BCUT2D eigenvalue weighted by atomic mass is 35.5. The predicted octanol–water partition coefficient (Wildman–Crippen LogP) is 5.25. The van der Waals surface area contributed by atoms with Crippen LogP contribution in [0, 0.1) is 23.2 Å². The maximum absolute atomic E-state index is 13.6. The number of hydrogen-bond acceptors (Lipinski definition) is 9. The number of sulfonamides is 1. The van der Waals surface area contributed by atoms with E-state index in [-0.39, 0.29) is 40.2 Å². The van der Waals surface area contributed by atoms with Crippen molar-refractivity contribution in [2.24, 2.45) is 23.2 Å². The van der Waals surface area contributed by atoms with Gasteiger partial charge in [-0.15, -0.1) is 0 Å². The van der Waals surface area contributed by atoms with Crippen molar-refractivity contribution in [3.05, 3.63) is 70.3 Å². The largest absolute Gasteiger partial charge is 0.487 e. The first-order valence-corrected chi connectivity index (χ1v) is 22.0. The molecule has 0 radical (unpaired) electrons. The van der Waals surface area contributed by atoms with Gasteiger partial charge in [0.2, 0.25) is 10.0 Å². The second-order valence-corrected chi connectivity index (χ2v) is 20.4. The average molecular weight is 760 g/mol. The molecular weight excluding hydrogens is 710 g/mol. The number of halogens is 1. The number of nitrogens with zero attached hydrogens (tertiary/aromatic N) is 2. The molecule has 5 aliphatic rings. The fraction of sp³-hybridized carbons (Fsp3) is 0.605. The van der Waals surface area contributed by atoms with Gasteiger partial charge in [-0.3, -0.25) is 9.69 Å². The Labute approximate surface area is 307 Å². The number of amides is 1. The fourth-order valence-corrected chi connectivity index (χ4v) is 12.7. The number of methoxy groups -OCH3 is 1. The van der Waals surface area contributed by atoms with E-state index in [0.29, 0.717) is 30.3 Å². The van der Waals surface area contributed by atoms with Crippen LogP contribution in [0.25, 0.3) is 0 Å². The van der Waals surface area contributed by atoms with Crippen LogP contribution in [0.3, 0.4) is 0 Å². The van der Waals surface area contributed by atoms with Crippen LogP contribution in [-0.4, -0.2) is 89.8 Å². The first-order chi connectivity index (χ1) is 24.2. The normalized spacial score (nSPS) is 32.3. The Bertz CT molecular complexity index is 1900. The van der Waals surface area contributed by atoms with Gasteiger partial charge in [0.25, 0.3) is 5.91 Å². The van der Waals surface area contributed by atoms with Crippen LogP contribution in [0.15, 0.2) is 48.6 Å². The fourth-order valence-electron chi connectivity index (χ4n) is 9.07. The zero-order valence-corrected chi connectivity index (χ0v) is 32.2. The molecule has 2 aromatic carbocycles. The van der Waals surface area contributed by atoms with Crippen molar-refractivity contribution in [1.82, 2.24) is 9.62 Å². The summed E-state index contributed by atoms with van der Waals surface area (Å²) in [6.45, 7) is 7.44. The molecule has 51 heavy (non-hydrogen) atoms. The van der Waals surface area contributed by atoms with Gasteiger partial charge in [-0.1, -0.05) is 36.7 Å². The molecule has 1 saturated carbocycles. The van der Waals surface area contributed by atoms with Crippen LogP contribution >= 0.6 is 11.6 Å². The zero-order valence-electron chi connectivity index (χ0n) is 29.8. The van der Waals surface area contributed by atoms with E-state index in [0.717, 1.165) is 75.1 Å². The molecule has 0 unspecified atom stereocenters. The van der Waals surface area contributed by atoms with Crippen molar-refractivity contribution < 1.29 is 31.1 Å². The molecule has 1 spiro atoms. The zero-order chi connectivity index (χ0) is 36.2. The smallest absolute Gasteiger partial charge is 0.264 e. The summed E-state index contributed by atoms with van der Waals surface area (Å²) in [7, 11) is -5.15. The molecule has 2 aromatic rings. The number of nitrogens with one attached hydrogen (secondary N) is 1. The van der Waals surface area contributed by atoms with Crippen molar-refractivity contribution in [2.75, 3.05) is 56.2 Å². The van der Waals surface area contributed by atoms with Gasteiger partial charge >= 0.3 is 0 Å². The van der Waals surface area contributed by atoms with E-state index in [4.69, 9.17) is 21.1 Å². The molecule has 13 heteroatoms. The minimum Gasteiger partial charge on any atom is -0.487 e. The topological polar surface area (TPSA) is 122 Å². The van der Waals surface area contributed by atoms with Gasteiger partial charge in [0.05, 0.1) is 22.4 Å². The van der Waals surface area contributed by atoms with E-state index < -0.39 is 36.6 Å². The Hall–Kier alpha value is -2.64. The molecule has 5 atom stereocenters. The lowest BCUT2D eigenvalue weighted by Crippen LogP contribution is -2.71. The number of carbonyl (C=O) groups excluding carboxylic acids is 1. The maximum atomic E-state index is 13.6. The lowest BCUT2D eigenvalue weighted by Gasteiger charge is -2.58. The van der Waals surface area contributed by atoms with E-state index >= 15 is 0 Å². The molecule has 1 amide bonds. The van der Waals surface area contributed by atoms with Gasteiger partial charge in [-0.2, -0.15) is 0 Å². The molecule has 3 fully saturated rings. The molecule has 4 aliphatic heterocycles. The Morgan fingerprint density at radius 3 is 2.51 bits per heavy atom. The molecule has 0 aromatic heterocycles. The van der Waals surface area contributed by atoms with Crippen molar-refractivity contribution in [2.45, 2.75) is 69.8 Å². The average Bonchev–Trinajstić information content (AvgIpc) is 3.06. The molecule has 10 nitrogen and oxygen atoms in total. The van der Waals surface area contributed by atoms with Gasteiger partial charge < -0.3 is 14.4 Å². The summed E-state index contributed by atoms with van der Waals surface area (Å²) in [5, 5.41) is -0.126. The molecule has 1 aliphatic carbocycles. The number of rotatable bonds is 3. The SMILES string of the molecule is CO[C@@]1(CN2CC3(C2)CS(=O)(=O)C3)/C=C/C[C@H](C)[C@@H](C)S(=O)(=O)NC(=O)c2ccc3c(c2)N(CCCCc2cc(Cl)ccc2CO3)C[C@@H]2CC[C@H]21. The van der Waals surface area contributed by atoms with E-state index in [9.17, 15) is 21.6 Å². The number of carbonyl (C=O) groups is 1. The number of anilines is 1. The Kier molecular flexibility index (Phi) is 10.1. The van der Waals surface area contributed by atoms with E-state index in [1.54, 1.807) is 32.2 Å². The van der Waals surface area contributed by atoms with Gasteiger partial charge in [-0.05, 0) is 105 Å². The number of fused-ring (bicyclic) bond motifs is 3. The molecular formula is C38H50ClN3O7S2. The van der Waals surface area contributed by atoms with Crippen LogP contribution in [0.1, 0.15) is 67.4 Å². The van der Waals surface area contributed by atoms with Crippen molar-refractivity contribution >= 4 is 43.1 Å². The van der Waals surface area contributed by atoms with E-state index in [1.165, 1.54) is 0 Å². The molecule has 2 saturated heterocycles. The summed E-state index contributed by atoms with van der Waals surface area (Å²) in [6.07, 6.45) is 9.41.